The number of pyridine rings is 1. The molecule has 114 valence electrons. The van der Waals surface area contributed by atoms with Gasteiger partial charge in [0.25, 0.3) is 0 Å². The van der Waals surface area contributed by atoms with Crippen LogP contribution in [0.25, 0.3) is 0 Å². The van der Waals surface area contributed by atoms with Crippen molar-refractivity contribution in [2.24, 2.45) is 5.92 Å². The maximum atomic E-state index is 5.59. The molecule has 0 amide bonds. The molecule has 0 aliphatic carbocycles. The van der Waals surface area contributed by atoms with Crippen molar-refractivity contribution in [3.63, 3.8) is 0 Å². The molecule has 0 spiro atoms. The Balaban J connectivity index is 2.38. The fourth-order valence-corrected chi connectivity index (χ4v) is 2.60. The zero-order valence-corrected chi connectivity index (χ0v) is 13.9. The van der Waals surface area contributed by atoms with E-state index in [0.717, 1.165) is 37.6 Å². The smallest absolute Gasteiger partial charge is 0.0489 e. The SMILES string of the molecule is Cc1cc(C)c(C(C)NCCCOCC(C)C)c(C)n1. The first-order chi connectivity index (χ1) is 9.41. The van der Waals surface area contributed by atoms with E-state index < -0.39 is 0 Å². The van der Waals surface area contributed by atoms with E-state index in [2.05, 4.69) is 51.0 Å². The van der Waals surface area contributed by atoms with Crippen LogP contribution in [0.4, 0.5) is 0 Å². The van der Waals surface area contributed by atoms with E-state index in [4.69, 9.17) is 4.74 Å². The average Bonchev–Trinajstić information content (AvgIpc) is 2.31. The van der Waals surface area contributed by atoms with E-state index in [1.54, 1.807) is 0 Å². The Labute approximate surface area is 124 Å². The molecule has 0 saturated carbocycles. The number of aromatic nitrogens is 1. The first-order valence-corrected chi connectivity index (χ1v) is 7.67. The number of hydrogen-bond donors (Lipinski definition) is 1. The van der Waals surface area contributed by atoms with Gasteiger partial charge in [-0.25, -0.2) is 0 Å². The van der Waals surface area contributed by atoms with Gasteiger partial charge in [-0.2, -0.15) is 0 Å². The number of ether oxygens (including phenoxy) is 1. The molecule has 1 aromatic rings. The van der Waals surface area contributed by atoms with Gasteiger partial charge in [0.15, 0.2) is 0 Å². The van der Waals surface area contributed by atoms with Crippen molar-refractivity contribution in [3.8, 4) is 0 Å². The summed E-state index contributed by atoms with van der Waals surface area (Å²) in [7, 11) is 0. The van der Waals surface area contributed by atoms with Crippen molar-refractivity contribution >= 4 is 0 Å². The second kappa shape index (κ2) is 8.38. The fourth-order valence-electron chi connectivity index (χ4n) is 2.60. The number of hydrogen-bond acceptors (Lipinski definition) is 3. The van der Waals surface area contributed by atoms with Crippen molar-refractivity contribution in [1.29, 1.82) is 0 Å². The number of aryl methyl sites for hydroxylation is 3. The van der Waals surface area contributed by atoms with Gasteiger partial charge in [-0.05, 0) is 63.8 Å². The first-order valence-electron chi connectivity index (χ1n) is 7.67. The van der Waals surface area contributed by atoms with Gasteiger partial charge < -0.3 is 10.1 Å². The molecule has 1 heterocycles. The summed E-state index contributed by atoms with van der Waals surface area (Å²) >= 11 is 0. The fraction of sp³-hybridized carbons (Fsp3) is 0.706. The molecule has 1 aromatic heterocycles. The maximum absolute atomic E-state index is 5.59. The molecule has 3 heteroatoms. The van der Waals surface area contributed by atoms with E-state index in [1.165, 1.54) is 11.1 Å². The van der Waals surface area contributed by atoms with Crippen molar-refractivity contribution in [2.75, 3.05) is 19.8 Å². The van der Waals surface area contributed by atoms with Crippen LogP contribution in [0.2, 0.25) is 0 Å². The van der Waals surface area contributed by atoms with Gasteiger partial charge in [-0.1, -0.05) is 13.8 Å². The Morgan fingerprint density at radius 2 is 1.90 bits per heavy atom. The van der Waals surface area contributed by atoms with E-state index in [0.29, 0.717) is 12.0 Å². The highest BCUT2D eigenvalue weighted by atomic mass is 16.5. The second-order valence-corrected chi connectivity index (χ2v) is 6.08. The van der Waals surface area contributed by atoms with Crippen LogP contribution in [0.3, 0.4) is 0 Å². The normalized spacial score (nSPS) is 12.9. The molecule has 0 aromatic carbocycles. The molecular formula is C17H30N2O. The minimum Gasteiger partial charge on any atom is -0.381 e. The molecule has 1 unspecified atom stereocenters. The molecule has 3 nitrogen and oxygen atoms in total. The molecule has 1 rings (SSSR count). The van der Waals surface area contributed by atoms with E-state index in [-0.39, 0.29) is 0 Å². The third-order valence-electron chi connectivity index (χ3n) is 3.38. The van der Waals surface area contributed by atoms with Gasteiger partial charge >= 0.3 is 0 Å². The topological polar surface area (TPSA) is 34.1 Å². The molecule has 0 fully saturated rings. The Hall–Kier alpha value is -0.930. The summed E-state index contributed by atoms with van der Waals surface area (Å²) in [5.41, 5.74) is 4.89. The molecule has 20 heavy (non-hydrogen) atoms. The lowest BCUT2D eigenvalue weighted by Gasteiger charge is -2.19. The van der Waals surface area contributed by atoms with Crippen LogP contribution >= 0.6 is 0 Å². The Morgan fingerprint density at radius 1 is 1.20 bits per heavy atom. The van der Waals surface area contributed by atoms with Gasteiger partial charge in [-0.15, -0.1) is 0 Å². The Kier molecular flexibility index (Phi) is 7.17. The van der Waals surface area contributed by atoms with Crippen LogP contribution in [-0.4, -0.2) is 24.7 Å². The van der Waals surface area contributed by atoms with Crippen molar-refractivity contribution < 1.29 is 4.74 Å². The highest BCUT2D eigenvalue weighted by molar-refractivity contribution is 5.33. The average molecular weight is 278 g/mol. The third-order valence-corrected chi connectivity index (χ3v) is 3.38. The molecule has 0 aliphatic rings. The summed E-state index contributed by atoms with van der Waals surface area (Å²) in [5, 5.41) is 3.57. The highest BCUT2D eigenvalue weighted by Gasteiger charge is 2.12. The van der Waals surface area contributed by atoms with E-state index in [9.17, 15) is 0 Å². The summed E-state index contributed by atoms with van der Waals surface area (Å²) in [6, 6.07) is 2.50. The van der Waals surface area contributed by atoms with Crippen LogP contribution < -0.4 is 5.32 Å². The summed E-state index contributed by atoms with van der Waals surface area (Å²) < 4.78 is 5.59. The zero-order chi connectivity index (χ0) is 15.1. The lowest BCUT2D eigenvalue weighted by molar-refractivity contribution is 0.107. The minimum atomic E-state index is 0.341. The quantitative estimate of drug-likeness (QED) is 0.736. The summed E-state index contributed by atoms with van der Waals surface area (Å²) in [4.78, 5) is 4.57. The lowest BCUT2D eigenvalue weighted by Crippen LogP contribution is -2.23. The second-order valence-electron chi connectivity index (χ2n) is 6.08. The van der Waals surface area contributed by atoms with Crippen LogP contribution in [0.1, 0.15) is 55.7 Å². The molecule has 0 saturated heterocycles. The van der Waals surface area contributed by atoms with Crippen LogP contribution in [0, 0.1) is 26.7 Å². The molecule has 0 aliphatic heterocycles. The zero-order valence-electron chi connectivity index (χ0n) is 13.9. The first kappa shape index (κ1) is 17.1. The predicted octanol–water partition coefficient (Wildman–Crippen LogP) is 3.72. The third kappa shape index (κ3) is 5.59. The Morgan fingerprint density at radius 3 is 2.50 bits per heavy atom. The molecule has 1 N–H and O–H groups in total. The summed E-state index contributed by atoms with van der Waals surface area (Å²) in [6.45, 7) is 15.5. The van der Waals surface area contributed by atoms with Gasteiger partial charge in [-0.3, -0.25) is 4.98 Å². The number of rotatable bonds is 8. The lowest BCUT2D eigenvalue weighted by atomic mass is 10.0. The monoisotopic (exact) mass is 278 g/mol. The van der Waals surface area contributed by atoms with Crippen molar-refractivity contribution in [3.05, 3.63) is 28.6 Å². The highest BCUT2D eigenvalue weighted by Crippen LogP contribution is 2.20. The maximum Gasteiger partial charge on any atom is 0.0489 e. The standard InChI is InChI=1S/C17H30N2O/c1-12(2)11-20-9-7-8-18-15(5)17-13(3)10-14(4)19-16(17)6/h10,12,15,18H,7-9,11H2,1-6H3. The Bertz CT molecular complexity index is 392. The number of nitrogens with one attached hydrogen (secondary N) is 1. The number of nitrogens with zero attached hydrogens (tertiary/aromatic N) is 1. The summed E-state index contributed by atoms with van der Waals surface area (Å²) in [6.07, 6.45) is 1.05. The molecular weight excluding hydrogens is 248 g/mol. The molecule has 0 bridgehead atoms. The van der Waals surface area contributed by atoms with Crippen LogP contribution in [0.5, 0.6) is 0 Å². The van der Waals surface area contributed by atoms with Gasteiger partial charge in [0.05, 0.1) is 0 Å². The van der Waals surface area contributed by atoms with Crippen molar-refractivity contribution in [1.82, 2.24) is 10.3 Å². The van der Waals surface area contributed by atoms with E-state index >= 15 is 0 Å². The minimum absolute atomic E-state index is 0.341. The van der Waals surface area contributed by atoms with Gasteiger partial charge in [0.1, 0.15) is 0 Å². The van der Waals surface area contributed by atoms with Gasteiger partial charge in [0.2, 0.25) is 0 Å². The van der Waals surface area contributed by atoms with Crippen LogP contribution in [-0.2, 0) is 4.74 Å². The van der Waals surface area contributed by atoms with Gasteiger partial charge in [0, 0.05) is 30.6 Å². The predicted molar refractivity (Wildman–Crippen MR) is 85.1 cm³/mol. The molecule has 1 atom stereocenters. The van der Waals surface area contributed by atoms with Crippen molar-refractivity contribution in [2.45, 2.75) is 54.0 Å². The van der Waals surface area contributed by atoms with Crippen LogP contribution in [0.15, 0.2) is 6.07 Å². The molecule has 0 radical (unpaired) electrons. The summed E-state index contributed by atoms with van der Waals surface area (Å²) in [5.74, 6) is 0.616. The van der Waals surface area contributed by atoms with E-state index in [1.807, 2.05) is 6.92 Å². The largest absolute Gasteiger partial charge is 0.381 e.